The van der Waals surface area contributed by atoms with Gasteiger partial charge in [-0.15, -0.1) is 0 Å². The van der Waals surface area contributed by atoms with Crippen molar-refractivity contribution < 1.29 is 4.39 Å². The van der Waals surface area contributed by atoms with Crippen LogP contribution >= 0.6 is 15.9 Å². The highest BCUT2D eigenvalue weighted by Crippen LogP contribution is 2.18. The molecule has 0 saturated heterocycles. The second-order valence-electron chi connectivity index (χ2n) is 3.97. The summed E-state index contributed by atoms with van der Waals surface area (Å²) >= 11 is 3.34. The summed E-state index contributed by atoms with van der Waals surface area (Å²) in [4.78, 5) is 8.48. The fraction of sp³-hybridized carbons (Fsp3) is 0.231. The summed E-state index contributed by atoms with van der Waals surface area (Å²) < 4.78 is 13.1. The highest BCUT2D eigenvalue weighted by atomic mass is 79.9. The maximum atomic E-state index is 12.3. The van der Waals surface area contributed by atoms with Crippen molar-refractivity contribution in [3.63, 3.8) is 0 Å². The largest absolute Gasteiger partial charge is 0.325 e. The van der Waals surface area contributed by atoms with Crippen LogP contribution in [0.1, 0.15) is 11.1 Å². The van der Waals surface area contributed by atoms with Crippen LogP contribution in [0.3, 0.4) is 0 Å². The molecule has 1 N–H and O–H groups in total. The van der Waals surface area contributed by atoms with Gasteiger partial charge in [-0.1, -0.05) is 0 Å². The topological polar surface area (TPSA) is 37.8 Å². The smallest absolute Gasteiger partial charge is 0.133 e. The number of aromatic nitrogens is 2. The molecule has 2 rings (SSSR count). The molecule has 2 heterocycles. The first-order valence-electron chi connectivity index (χ1n) is 5.59. The summed E-state index contributed by atoms with van der Waals surface area (Å²) in [5.41, 5.74) is 2.01. The van der Waals surface area contributed by atoms with Gasteiger partial charge < -0.3 is 5.32 Å². The average molecular weight is 310 g/mol. The number of halogens is 2. The minimum absolute atomic E-state index is 0.363. The van der Waals surface area contributed by atoms with E-state index < -0.39 is 0 Å². The first-order valence-corrected chi connectivity index (χ1v) is 6.39. The van der Waals surface area contributed by atoms with E-state index in [0.717, 1.165) is 15.7 Å². The number of alkyl halides is 1. The molecule has 0 aliphatic rings. The van der Waals surface area contributed by atoms with E-state index in [1.54, 1.807) is 6.20 Å². The maximum absolute atomic E-state index is 12.3. The van der Waals surface area contributed by atoms with E-state index in [9.17, 15) is 4.39 Å². The van der Waals surface area contributed by atoms with Gasteiger partial charge in [-0.3, -0.25) is 4.39 Å². The van der Waals surface area contributed by atoms with Crippen LogP contribution in [0.15, 0.2) is 35.1 Å². The summed E-state index contributed by atoms with van der Waals surface area (Å²) in [7, 11) is 0. The average Bonchev–Trinajstić information content (AvgIpc) is 2.28. The Balaban J connectivity index is 2.20. The zero-order chi connectivity index (χ0) is 13.0. The molecule has 0 bridgehead atoms. The number of hydrogen-bond donors (Lipinski definition) is 1. The third-order valence-electron chi connectivity index (χ3n) is 2.40. The van der Waals surface area contributed by atoms with Gasteiger partial charge in [0.2, 0.25) is 0 Å². The van der Waals surface area contributed by atoms with E-state index in [-0.39, 0.29) is 6.67 Å². The van der Waals surface area contributed by atoms with Gasteiger partial charge in [0.05, 0.1) is 6.67 Å². The Morgan fingerprint density at radius 2 is 2.11 bits per heavy atom. The molecule has 18 heavy (non-hydrogen) atoms. The Bertz CT molecular complexity index is 525. The molecule has 94 valence electrons. The number of anilines is 2. The molecule has 0 aromatic carbocycles. The van der Waals surface area contributed by atoms with Crippen molar-refractivity contribution in [2.45, 2.75) is 13.3 Å². The molecule has 0 spiro atoms. The van der Waals surface area contributed by atoms with Crippen LogP contribution in [0.4, 0.5) is 16.0 Å². The SMILES string of the molecule is Cc1cc(Br)nc(Nc2cc(CCF)ccn2)c1. The Kier molecular flexibility index (Phi) is 4.25. The van der Waals surface area contributed by atoms with Crippen molar-refractivity contribution in [2.75, 3.05) is 12.0 Å². The van der Waals surface area contributed by atoms with Crippen LogP contribution in [-0.2, 0) is 6.42 Å². The highest BCUT2D eigenvalue weighted by molar-refractivity contribution is 9.10. The number of aryl methyl sites for hydroxylation is 2. The van der Waals surface area contributed by atoms with Crippen LogP contribution in [0, 0.1) is 6.92 Å². The van der Waals surface area contributed by atoms with E-state index in [1.165, 1.54) is 0 Å². The predicted octanol–water partition coefficient (Wildman–Crippen LogP) is 3.80. The van der Waals surface area contributed by atoms with E-state index >= 15 is 0 Å². The third-order valence-corrected chi connectivity index (χ3v) is 2.81. The molecule has 0 aliphatic carbocycles. The lowest BCUT2D eigenvalue weighted by atomic mass is 10.2. The van der Waals surface area contributed by atoms with Gasteiger partial charge in [-0.2, -0.15) is 0 Å². The summed E-state index contributed by atoms with van der Waals surface area (Å²) in [6.07, 6.45) is 2.07. The second kappa shape index (κ2) is 5.91. The van der Waals surface area contributed by atoms with E-state index in [2.05, 4.69) is 31.2 Å². The van der Waals surface area contributed by atoms with Gasteiger partial charge in [0.1, 0.15) is 16.2 Å². The van der Waals surface area contributed by atoms with E-state index in [1.807, 2.05) is 31.2 Å². The molecule has 5 heteroatoms. The molecule has 2 aromatic rings. The minimum Gasteiger partial charge on any atom is -0.325 e. The molecular weight excluding hydrogens is 297 g/mol. The Labute approximate surface area is 114 Å². The van der Waals surface area contributed by atoms with Crippen molar-refractivity contribution >= 4 is 27.6 Å². The zero-order valence-corrected chi connectivity index (χ0v) is 11.5. The van der Waals surface area contributed by atoms with E-state index in [4.69, 9.17) is 0 Å². The van der Waals surface area contributed by atoms with Gasteiger partial charge >= 0.3 is 0 Å². The minimum atomic E-state index is -0.363. The van der Waals surface area contributed by atoms with Gasteiger partial charge in [0, 0.05) is 12.6 Å². The Morgan fingerprint density at radius 1 is 1.28 bits per heavy atom. The lowest BCUT2D eigenvalue weighted by Gasteiger charge is -2.07. The molecule has 0 unspecified atom stereocenters. The maximum Gasteiger partial charge on any atom is 0.133 e. The molecule has 3 nitrogen and oxygen atoms in total. The summed E-state index contributed by atoms with van der Waals surface area (Å²) in [6.45, 7) is 1.63. The van der Waals surface area contributed by atoms with Gasteiger partial charge in [0.15, 0.2) is 0 Å². The number of pyridine rings is 2. The quantitative estimate of drug-likeness (QED) is 0.873. The first kappa shape index (κ1) is 13.0. The lowest BCUT2D eigenvalue weighted by Crippen LogP contribution is -1.98. The van der Waals surface area contributed by atoms with Crippen molar-refractivity contribution in [2.24, 2.45) is 0 Å². The molecule has 0 fully saturated rings. The number of nitrogens with zero attached hydrogens (tertiary/aromatic N) is 2. The number of nitrogens with one attached hydrogen (secondary N) is 1. The Morgan fingerprint density at radius 3 is 2.83 bits per heavy atom. The molecule has 0 aliphatic heterocycles. The van der Waals surface area contributed by atoms with Crippen LogP contribution in [0.5, 0.6) is 0 Å². The molecule has 2 aromatic heterocycles. The zero-order valence-electron chi connectivity index (χ0n) is 9.95. The fourth-order valence-electron chi connectivity index (χ4n) is 1.63. The molecule has 0 atom stereocenters. The summed E-state index contributed by atoms with van der Waals surface area (Å²) in [5.74, 6) is 1.39. The van der Waals surface area contributed by atoms with Crippen LogP contribution < -0.4 is 5.32 Å². The monoisotopic (exact) mass is 309 g/mol. The van der Waals surface area contributed by atoms with Crippen LogP contribution in [0.25, 0.3) is 0 Å². The molecule has 0 saturated carbocycles. The highest BCUT2D eigenvalue weighted by Gasteiger charge is 2.01. The van der Waals surface area contributed by atoms with Gasteiger partial charge in [-0.25, -0.2) is 9.97 Å². The summed E-state index contributed by atoms with van der Waals surface area (Å²) in [6, 6.07) is 7.49. The van der Waals surface area contributed by atoms with Crippen molar-refractivity contribution in [3.8, 4) is 0 Å². The second-order valence-corrected chi connectivity index (χ2v) is 4.78. The van der Waals surface area contributed by atoms with Crippen LogP contribution in [0.2, 0.25) is 0 Å². The van der Waals surface area contributed by atoms with Crippen molar-refractivity contribution in [1.29, 1.82) is 0 Å². The van der Waals surface area contributed by atoms with Crippen molar-refractivity contribution in [3.05, 3.63) is 46.2 Å². The van der Waals surface area contributed by atoms with Gasteiger partial charge in [-0.05, 0) is 58.2 Å². The fourth-order valence-corrected chi connectivity index (χ4v) is 2.18. The van der Waals surface area contributed by atoms with Crippen LogP contribution in [-0.4, -0.2) is 16.6 Å². The predicted molar refractivity (Wildman–Crippen MR) is 73.9 cm³/mol. The molecule has 0 radical (unpaired) electrons. The Hall–Kier alpha value is -1.49. The third kappa shape index (κ3) is 3.50. The van der Waals surface area contributed by atoms with Crippen molar-refractivity contribution in [1.82, 2.24) is 9.97 Å². The lowest BCUT2D eigenvalue weighted by molar-refractivity contribution is 0.495. The van der Waals surface area contributed by atoms with E-state index in [0.29, 0.717) is 18.1 Å². The first-order chi connectivity index (χ1) is 8.67. The van der Waals surface area contributed by atoms with Gasteiger partial charge in [0.25, 0.3) is 0 Å². The summed E-state index contributed by atoms with van der Waals surface area (Å²) in [5, 5.41) is 3.11. The number of rotatable bonds is 4. The normalized spacial score (nSPS) is 10.4. The molecular formula is C13H13BrFN3. The standard InChI is InChI=1S/C13H13BrFN3/c1-9-6-11(14)17-13(7-9)18-12-8-10(2-4-15)3-5-16-12/h3,5-8H,2,4H2,1H3,(H,16,17,18). The number of hydrogen-bond acceptors (Lipinski definition) is 3. The molecule has 0 amide bonds.